The number of esters is 1. The summed E-state index contributed by atoms with van der Waals surface area (Å²) in [4.78, 5) is 22.5. The zero-order chi connectivity index (χ0) is 18.5. The minimum absolute atomic E-state index is 0.253. The lowest BCUT2D eigenvalue weighted by Gasteiger charge is -2.30. The van der Waals surface area contributed by atoms with E-state index in [-0.39, 0.29) is 13.2 Å². The number of alkyl carbamates (subject to hydrolysis) is 1. The van der Waals surface area contributed by atoms with Gasteiger partial charge >= 0.3 is 30.1 Å². The Morgan fingerprint density at radius 3 is 1.83 bits per heavy atom. The number of ether oxygens (including phenoxy) is 2. The molecular weight excluding hydrogens is 343 g/mol. The van der Waals surface area contributed by atoms with Crippen molar-refractivity contribution in [3.8, 4) is 0 Å². The van der Waals surface area contributed by atoms with E-state index in [0.717, 1.165) is 0 Å². The maximum Gasteiger partial charge on any atom is 0.459 e. The molecular formula is C11H14F7NO4. The summed E-state index contributed by atoms with van der Waals surface area (Å²) in [6.45, 7) is 1.92. The number of carbonyl (C=O) groups excluding carboxylic acids is 2. The normalized spacial score (nSPS) is 14.1. The van der Waals surface area contributed by atoms with E-state index < -0.39 is 42.5 Å². The largest absolute Gasteiger partial charge is 0.464 e. The van der Waals surface area contributed by atoms with Gasteiger partial charge in [0.05, 0.1) is 13.2 Å². The van der Waals surface area contributed by atoms with Crippen molar-refractivity contribution in [2.24, 2.45) is 0 Å². The number of hydrogen-bond donors (Lipinski definition) is 1. The first-order valence-corrected chi connectivity index (χ1v) is 6.22. The van der Waals surface area contributed by atoms with Crippen LogP contribution >= 0.6 is 0 Å². The van der Waals surface area contributed by atoms with Gasteiger partial charge in [0, 0.05) is 6.42 Å². The molecule has 0 aliphatic rings. The van der Waals surface area contributed by atoms with Crippen LogP contribution in [0.1, 0.15) is 20.3 Å². The Labute approximate surface area is 126 Å². The van der Waals surface area contributed by atoms with Gasteiger partial charge in [0.15, 0.2) is 0 Å². The van der Waals surface area contributed by atoms with Crippen LogP contribution in [0, 0.1) is 0 Å². The van der Waals surface area contributed by atoms with Crippen LogP contribution < -0.4 is 5.32 Å². The second-order valence-corrected chi connectivity index (χ2v) is 4.15. The number of carbonyl (C=O) groups is 2. The highest BCUT2D eigenvalue weighted by Crippen LogP contribution is 2.48. The molecule has 136 valence electrons. The molecule has 0 saturated heterocycles. The molecule has 0 saturated carbocycles. The van der Waals surface area contributed by atoms with Crippen molar-refractivity contribution in [2.45, 2.75) is 44.3 Å². The molecule has 0 rings (SSSR count). The van der Waals surface area contributed by atoms with Crippen molar-refractivity contribution in [1.29, 1.82) is 0 Å². The molecule has 0 aromatic rings. The van der Waals surface area contributed by atoms with E-state index in [2.05, 4.69) is 9.47 Å². The van der Waals surface area contributed by atoms with Crippen LogP contribution in [-0.2, 0) is 14.3 Å². The molecule has 1 amide bonds. The summed E-state index contributed by atoms with van der Waals surface area (Å²) in [6, 6.07) is -2.45. The average Bonchev–Trinajstić information content (AvgIpc) is 2.36. The van der Waals surface area contributed by atoms with E-state index in [1.165, 1.54) is 19.2 Å². The highest BCUT2D eigenvalue weighted by molar-refractivity contribution is 5.81. The van der Waals surface area contributed by atoms with E-state index in [1.807, 2.05) is 0 Å². The summed E-state index contributed by atoms with van der Waals surface area (Å²) >= 11 is 0. The molecule has 0 aromatic carbocycles. The fraction of sp³-hybridized carbons (Fsp3) is 0.818. The molecule has 0 aliphatic carbocycles. The number of rotatable bonds is 7. The highest BCUT2D eigenvalue weighted by atomic mass is 19.4. The minimum atomic E-state index is -6.54. The zero-order valence-corrected chi connectivity index (χ0v) is 12.0. The number of alkyl halides is 7. The first-order valence-electron chi connectivity index (χ1n) is 6.22. The van der Waals surface area contributed by atoms with Crippen molar-refractivity contribution in [3.63, 3.8) is 0 Å². The van der Waals surface area contributed by atoms with Gasteiger partial charge in [-0.15, -0.1) is 0 Å². The van der Waals surface area contributed by atoms with E-state index in [9.17, 15) is 40.3 Å². The fourth-order valence-corrected chi connectivity index (χ4v) is 1.34. The van der Waals surface area contributed by atoms with Crippen LogP contribution in [0.15, 0.2) is 0 Å². The van der Waals surface area contributed by atoms with Gasteiger partial charge in [0.25, 0.3) is 0 Å². The molecule has 1 N–H and O–H groups in total. The SMILES string of the molecule is CCOC(=O)NC(CC(F)(F)C(F)(F)C(F)(F)F)C(=O)OCC. The third kappa shape index (κ3) is 5.43. The number of halogens is 7. The molecule has 0 aromatic heterocycles. The molecule has 5 nitrogen and oxygen atoms in total. The monoisotopic (exact) mass is 357 g/mol. The predicted molar refractivity (Wildman–Crippen MR) is 61.1 cm³/mol. The second kappa shape index (κ2) is 7.68. The molecule has 0 bridgehead atoms. The summed E-state index contributed by atoms with van der Waals surface area (Å²) in [7, 11) is 0. The Hall–Kier alpha value is -1.75. The van der Waals surface area contributed by atoms with Gasteiger partial charge in [-0.05, 0) is 13.8 Å². The Kier molecular flexibility index (Phi) is 7.10. The molecule has 0 spiro atoms. The predicted octanol–water partition coefficient (Wildman–Crippen LogP) is 2.89. The fourth-order valence-electron chi connectivity index (χ4n) is 1.34. The smallest absolute Gasteiger partial charge is 0.459 e. The quantitative estimate of drug-likeness (QED) is 0.562. The molecule has 12 heteroatoms. The van der Waals surface area contributed by atoms with E-state index in [0.29, 0.717) is 0 Å². The summed E-state index contributed by atoms with van der Waals surface area (Å²) in [5, 5.41) is 1.47. The van der Waals surface area contributed by atoms with Gasteiger partial charge in [-0.25, -0.2) is 9.59 Å². The maximum atomic E-state index is 13.3. The van der Waals surface area contributed by atoms with Crippen molar-refractivity contribution < 1.29 is 49.8 Å². The van der Waals surface area contributed by atoms with Gasteiger partial charge in [0.2, 0.25) is 0 Å². The van der Waals surface area contributed by atoms with Crippen molar-refractivity contribution >= 4 is 12.1 Å². The first kappa shape index (κ1) is 21.2. The standard InChI is InChI=1S/C11H14F7NO4/c1-3-22-7(20)6(19-8(21)23-4-2)5-9(12,13)10(14,15)11(16,17)18/h6H,3-5H2,1-2H3,(H,19,21). The van der Waals surface area contributed by atoms with Gasteiger partial charge in [-0.1, -0.05) is 0 Å². The van der Waals surface area contributed by atoms with Crippen molar-refractivity contribution in [1.82, 2.24) is 5.32 Å². The summed E-state index contributed by atoms with van der Waals surface area (Å²) in [5.74, 6) is -13.7. The van der Waals surface area contributed by atoms with Crippen molar-refractivity contribution in [3.05, 3.63) is 0 Å². The van der Waals surface area contributed by atoms with Crippen LogP contribution in [-0.4, -0.2) is 49.3 Å². The lowest BCUT2D eigenvalue weighted by atomic mass is 10.0. The maximum absolute atomic E-state index is 13.3. The Bertz CT molecular complexity index is 425. The molecule has 23 heavy (non-hydrogen) atoms. The lowest BCUT2D eigenvalue weighted by Crippen LogP contribution is -2.56. The first-order chi connectivity index (χ1) is 10.3. The summed E-state index contributed by atoms with van der Waals surface area (Å²) in [5.41, 5.74) is 0. The zero-order valence-electron chi connectivity index (χ0n) is 12.0. The number of nitrogens with one attached hydrogen (secondary N) is 1. The summed E-state index contributed by atoms with van der Waals surface area (Å²) < 4.78 is 97.0. The minimum Gasteiger partial charge on any atom is -0.464 e. The van der Waals surface area contributed by atoms with Gasteiger partial charge in [0.1, 0.15) is 6.04 Å². The van der Waals surface area contributed by atoms with E-state index >= 15 is 0 Å². The lowest BCUT2D eigenvalue weighted by molar-refractivity contribution is -0.356. The van der Waals surface area contributed by atoms with Gasteiger partial charge in [-0.3, -0.25) is 0 Å². The van der Waals surface area contributed by atoms with Crippen LogP contribution in [0.5, 0.6) is 0 Å². The topological polar surface area (TPSA) is 64.6 Å². The van der Waals surface area contributed by atoms with Crippen LogP contribution in [0.25, 0.3) is 0 Å². The van der Waals surface area contributed by atoms with E-state index in [1.54, 1.807) is 0 Å². The molecule has 0 radical (unpaired) electrons. The molecule has 1 unspecified atom stereocenters. The average molecular weight is 357 g/mol. The third-order valence-electron chi connectivity index (χ3n) is 2.41. The molecule has 1 atom stereocenters. The van der Waals surface area contributed by atoms with E-state index in [4.69, 9.17) is 0 Å². The van der Waals surface area contributed by atoms with Crippen molar-refractivity contribution in [2.75, 3.05) is 13.2 Å². The van der Waals surface area contributed by atoms with Gasteiger partial charge in [-0.2, -0.15) is 30.7 Å². The Morgan fingerprint density at radius 1 is 0.957 bits per heavy atom. The number of hydrogen-bond acceptors (Lipinski definition) is 4. The molecule has 0 aliphatic heterocycles. The van der Waals surface area contributed by atoms with Crippen LogP contribution in [0.3, 0.4) is 0 Å². The van der Waals surface area contributed by atoms with Gasteiger partial charge < -0.3 is 14.8 Å². The molecule has 0 fully saturated rings. The summed E-state index contributed by atoms with van der Waals surface area (Å²) in [6.07, 6.45) is -10.3. The Balaban J connectivity index is 5.34. The highest BCUT2D eigenvalue weighted by Gasteiger charge is 2.73. The second-order valence-electron chi connectivity index (χ2n) is 4.15. The van der Waals surface area contributed by atoms with Crippen LogP contribution in [0.4, 0.5) is 35.5 Å². The Morgan fingerprint density at radius 2 is 1.43 bits per heavy atom. The number of amides is 1. The third-order valence-corrected chi connectivity index (χ3v) is 2.41. The molecule has 0 heterocycles. The van der Waals surface area contributed by atoms with Crippen LogP contribution in [0.2, 0.25) is 0 Å².